The third-order valence-corrected chi connectivity index (χ3v) is 5.19. The Bertz CT molecular complexity index is 1130. The molecule has 0 atom stereocenters. The topological polar surface area (TPSA) is 92.5 Å². The Morgan fingerprint density at radius 1 is 1.22 bits per heavy atom. The van der Waals surface area contributed by atoms with Gasteiger partial charge in [0.05, 0.1) is 49.8 Å². The first-order valence-corrected chi connectivity index (χ1v) is 10.4. The van der Waals surface area contributed by atoms with E-state index in [9.17, 15) is 4.39 Å². The van der Waals surface area contributed by atoms with Gasteiger partial charge >= 0.3 is 0 Å². The first-order valence-electron chi connectivity index (χ1n) is 10.4. The summed E-state index contributed by atoms with van der Waals surface area (Å²) in [5, 5.41) is 12.5. The Morgan fingerprint density at radius 2 is 2.06 bits per heavy atom. The minimum atomic E-state index is -0.549. The van der Waals surface area contributed by atoms with Crippen molar-refractivity contribution in [3.05, 3.63) is 47.9 Å². The lowest BCUT2D eigenvalue weighted by Crippen LogP contribution is -2.37. The van der Waals surface area contributed by atoms with E-state index in [1.54, 1.807) is 19.4 Å². The molecule has 0 bridgehead atoms. The average molecular weight is 437 g/mol. The number of hydrogen-bond acceptors (Lipinski definition) is 8. The number of rotatable bonds is 8. The third-order valence-electron chi connectivity index (χ3n) is 5.19. The molecule has 2 aromatic carbocycles. The number of aromatic nitrogens is 2. The molecule has 2 heterocycles. The Morgan fingerprint density at radius 3 is 2.81 bits per heavy atom. The Labute approximate surface area is 185 Å². The molecular weight excluding hydrogens is 413 g/mol. The third kappa shape index (κ3) is 5.22. The van der Waals surface area contributed by atoms with Gasteiger partial charge in [0.15, 0.2) is 11.5 Å². The second-order valence-electron chi connectivity index (χ2n) is 7.34. The van der Waals surface area contributed by atoms with E-state index in [0.717, 1.165) is 50.7 Å². The zero-order valence-electron chi connectivity index (χ0n) is 17.8. The van der Waals surface area contributed by atoms with Crippen LogP contribution in [0.25, 0.3) is 10.9 Å². The molecule has 9 heteroatoms. The lowest BCUT2D eigenvalue weighted by atomic mass is 10.2. The van der Waals surface area contributed by atoms with Gasteiger partial charge in [-0.1, -0.05) is 0 Å². The maximum absolute atomic E-state index is 14.2. The Kier molecular flexibility index (Phi) is 6.94. The average Bonchev–Trinajstić information content (AvgIpc) is 2.83. The van der Waals surface area contributed by atoms with Crippen molar-refractivity contribution >= 4 is 22.5 Å². The van der Waals surface area contributed by atoms with Crippen LogP contribution in [0.5, 0.6) is 11.5 Å². The molecule has 1 aliphatic rings. The number of ether oxygens (including phenoxy) is 3. The van der Waals surface area contributed by atoms with Crippen LogP contribution in [0.1, 0.15) is 12.0 Å². The van der Waals surface area contributed by atoms with Crippen molar-refractivity contribution in [1.82, 2.24) is 14.9 Å². The molecule has 0 spiro atoms. The van der Waals surface area contributed by atoms with Crippen molar-refractivity contribution in [1.29, 1.82) is 5.26 Å². The number of nitriles is 1. The van der Waals surface area contributed by atoms with E-state index in [0.29, 0.717) is 23.6 Å². The molecule has 0 amide bonds. The number of nitrogens with one attached hydrogen (secondary N) is 1. The van der Waals surface area contributed by atoms with Crippen molar-refractivity contribution in [3.63, 3.8) is 0 Å². The number of methoxy groups -OCH3 is 1. The normalized spacial score (nSPS) is 14.2. The fourth-order valence-corrected chi connectivity index (χ4v) is 3.47. The maximum Gasteiger partial charge on any atom is 0.227 e. The summed E-state index contributed by atoms with van der Waals surface area (Å²) < 4.78 is 31.0. The molecule has 0 radical (unpaired) electrons. The van der Waals surface area contributed by atoms with Gasteiger partial charge in [0.2, 0.25) is 5.95 Å². The van der Waals surface area contributed by atoms with Crippen molar-refractivity contribution in [3.8, 4) is 17.6 Å². The van der Waals surface area contributed by atoms with E-state index in [2.05, 4.69) is 20.2 Å². The maximum atomic E-state index is 14.2. The van der Waals surface area contributed by atoms with Gasteiger partial charge in [0.1, 0.15) is 5.82 Å². The second kappa shape index (κ2) is 10.2. The molecule has 1 N–H and O–H groups in total. The van der Waals surface area contributed by atoms with Gasteiger partial charge in [-0.05, 0) is 30.7 Å². The van der Waals surface area contributed by atoms with E-state index < -0.39 is 5.82 Å². The van der Waals surface area contributed by atoms with Crippen LogP contribution in [-0.2, 0) is 4.74 Å². The molecule has 1 saturated heterocycles. The zero-order valence-corrected chi connectivity index (χ0v) is 17.8. The smallest absolute Gasteiger partial charge is 0.227 e. The first kappa shape index (κ1) is 21.7. The largest absolute Gasteiger partial charge is 0.493 e. The monoisotopic (exact) mass is 437 g/mol. The number of fused-ring (bicyclic) bond motifs is 1. The minimum Gasteiger partial charge on any atom is -0.493 e. The van der Waals surface area contributed by atoms with Crippen molar-refractivity contribution < 1.29 is 18.6 Å². The fourth-order valence-electron chi connectivity index (χ4n) is 3.47. The highest BCUT2D eigenvalue weighted by molar-refractivity contribution is 5.83. The molecule has 0 aliphatic carbocycles. The van der Waals surface area contributed by atoms with Gasteiger partial charge in [0.25, 0.3) is 0 Å². The van der Waals surface area contributed by atoms with Crippen LogP contribution in [0.3, 0.4) is 0 Å². The van der Waals surface area contributed by atoms with Crippen LogP contribution < -0.4 is 14.8 Å². The summed E-state index contributed by atoms with van der Waals surface area (Å²) in [5.74, 6) is 0.888. The quantitative estimate of drug-likeness (QED) is 0.536. The van der Waals surface area contributed by atoms with E-state index in [1.165, 1.54) is 12.1 Å². The number of benzene rings is 2. The summed E-state index contributed by atoms with van der Waals surface area (Å²) >= 11 is 0. The van der Waals surface area contributed by atoms with Crippen LogP contribution in [0, 0.1) is 17.1 Å². The lowest BCUT2D eigenvalue weighted by Gasteiger charge is -2.26. The number of halogens is 1. The van der Waals surface area contributed by atoms with Gasteiger partial charge in [-0.15, -0.1) is 0 Å². The van der Waals surface area contributed by atoms with Crippen molar-refractivity contribution in [2.75, 3.05) is 51.9 Å². The predicted molar refractivity (Wildman–Crippen MR) is 118 cm³/mol. The summed E-state index contributed by atoms with van der Waals surface area (Å²) in [7, 11) is 1.59. The van der Waals surface area contributed by atoms with Crippen LogP contribution in [0.4, 0.5) is 16.0 Å². The molecule has 0 unspecified atom stereocenters. The molecule has 3 aromatic rings. The number of anilines is 2. The molecular formula is C23H24FN5O3. The van der Waals surface area contributed by atoms with Gasteiger partial charge in [0, 0.05) is 37.3 Å². The number of nitrogens with zero attached hydrogens (tertiary/aromatic N) is 4. The predicted octanol–water partition coefficient (Wildman–Crippen LogP) is 3.49. The molecule has 1 fully saturated rings. The summed E-state index contributed by atoms with van der Waals surface area (Å²) in [6, 6.07) is 9.70. The van der Waals surface area contributed by atoms with Crippen LogP contribution >= 0.6 is 0 Å². The Balaban J connectivity index is 1.46. The molecule has 1 aliphatic heterocycles. The minimum absolute atomic E-state index is 0.191. The molecule has 1 aromatic heterocycles. The highest BCUT2D eigenvalue weighted by Crippen LogP contribution is 2.32. The number of hydrogen-bond donors (Lipinski definition) is 1. The summed E-state index contributed by atoms with van der Waals surface area (Å²) in [6.07, 6.45) is 2.52. The van der Waals surface area contributed by atoms with E-state index in [4.69, 9.17) is 19.5 Å². The highest BCUT2D eigenvalue weighted by Gasteiger charge is 2.12. The van der Waals surface area contributed by atoms with Gasteiger partial charge in [-0.25, -0.2) is 14.4 Å². The SMILES string of the molecule is COc1cc2cnc(Nc3ccc(C#N)cc3F)nc2cc1OCCCN1CCOCC1. The lowest BCUT2D eigenvalue weighted by molar-refractivity contribution is 0.0357. The Hall–Kier alpha value is -3.48. The van der Waals surface area contributed by atoms with Crippen LogP contribution in [0.15, 0.2) is 36.5 Å². The molecule has 0 saturated carbocycles. The van der Waals surface area contributed by atoms with E-state index in [-0.39, 0.29) is 17.2 Å². The molecule has 166 valence electrons. The van der Waals surface area contributed by atoms with E-state index in [1.807, 2.05) is 12.1 Å². The first-order chi connectivity index (χ1) is 15.7. The standard InChI is InChI=1S/C23H24FN5O3/c1-30-21-12-17-15-26-23(27-19-4-3-16(14-25)11-18(19)24)28-20(17)13-22(21)32-8-2-5-29-6-9-31-10-7-29/h3-4,11-13,15H,2,5-10H2,1H3,(H,26,27,28). The summed E-state index contributed by atoms with van der Waals surface area (Å²) in [5.41, 5.74) is 1.08. The summed E-state index contributed by atoms with van der Waals surface area (Å²) in [4.78, 5) is 11.1. The van der Waals surface area contributed by atoms with Crippen molar-refractivity contribution in [2.45, 2.75) is 6.42 Å². The van der Waals surface area contributed by atoms with Crippen LogP contribution in [0.2, 0.25) is 0 Å². The zero-order chi connectivity index (χ0) is 22.3. The number of morpholine rings is 1. The fraction of sp³-hybridized carbons (Fsp3) is 0.348. The molecule has 8 nitrogen and oxygen atoms in total. The van der Waals surface area contributed by atoms with Gasteiger partial charge in [-0.3, -0.25) is 4.90 Å². The highest BCUT2D eigenvalue weighted by atomic mass is 19.1. The van der Waals surface area contributed by atoms with Gasteiger partial charge < -0.3 is 19.5 Å². The van der Waals surface area contributed by atoms with E-state index >= 15 is 0 Å². The van der Waals surface area contributed by atoms with Crippen LogP contribution in [-0.4, -0.2) is 61.4 Å². The van der Waals surface area contributed by atoms with Crippen molar-refractivity contribution in [2.24, 2.45) is 0 Å². The van der Waals surface area contributed by atoms with Gasteiger partial charge in [-0.2, -0.15) is 5.26 Å². The summed E-state index contributed by atoms with van der Waals surface area (Å²) in [6.45, 7) is 4.96. The molecule has 4 rings (SSSR count). The molecule has 32 heavy (non-hydrogen) atoms. The second-order valence-corrected chi connectivity index (χ2v) is 7.34.